The van der Waals surface area contributed by atoms with E-state index in [0.717, 1.165) is 77.5 Å². The topological polar surface area (TPSA) is 60.0 Å². The number of nitrogens with one attached hydrogen (secondary N) is 1. The zero-order valence-corrected chi connectivity index (χ0v) is 23.5. The Labute approximate surface area is 246 Å². The van der Waals surface area contributed by atoms with Crippen LogP contribution in [0.4, 0.5) is 5.69 Å². The quantitative estimate of drug-likeness (QED) is 0.199. The maximum absolute atomic E-state index is 13.4. The van der Waals surface area contributed by atoms with Crippen LogP contribution in [0.25, 0.3) is 21.9 Å². The zero-order chi connectivity index (χ0) is 28.6. The van der Waals surface area contributed by atoms with Crippen LogP contribution < -0.4 is 14.8 Å². The predicted octanol–water partition coefficient (Wildman–Crippen LogP) is 7.05. The number of morpholine rings is 1. The van der Waals surface area contributed by atoms with E-state index in [-0.39, 0.29) is 5.91 Å². The molecule has 6 heteroatoms. The molecule has 0 saturated carbocycles. The molecular formula is C36H34N2O4. The summed E-state index contributed by atoms with van der Waals surface area (Å²) in [4.78, 5) is 15.8. The summed E-state index contributed by atoms with van der Waals surface area (Å²) < 4.78 is 17.6. The minimum atomic E-state index is -0.167. The molecule has 6 rings (SSSR count). The van der Waals surface area contributed by atoms with Crippen molar-refractivity contribution in [3.05, 3.63) is 126 Å². The first-order chi connectivity index (χ1) is 20.7. The Balaban J connectivity index is 1.14. The minimum absolute atomic E-state index is 0.167. The minimum Gasteiger partial charge on any atom is -0.492 e. The molecule has 0 aliphatic carbocycles. The Hall–Kier alpha value is -4.65. The SMILES string of the molecule is O=C(Nc1ccc(OCCN2CCOCC2)c2ccccc12)c1cccc(-c2cccc(OCc3ccccc3)c2)c1. The van der Waals surface area contributed by atoms with Gasteiger partial charge in [0.1, 0.15) is 24.7 Å². The number of carbonyl (C=O) groups is 1. The van der Waals surface area contributed by atoms with E-state index < -0.39 is 0 Å². The van der Waals surface area contributed by atoms with Crippen molar-refractivity contribution in [3.8, 4) is 22.6 Å². The molecule has 42 heavy (non-hydrogen) atoms. The van der Waals surface area contributed by atoms with Gasteiger partial charge in [-0.15, -0.1) is 0 Å². The number of fused-ring (bicyclic) bond motifs is 1. The molecule has 1 N–H and O–H groups in total. The largest absolute Gasteiger partial charge is 0.492 e. The van der Waals surface area contributed by atoms with Crippen molar-refractivity contribution in [1.82, 2.24) is 4.90 Å². The Morgan fingerprint density at radius 2 is 1.48 bits per heavy atom. The third kappa shape index (κ3) is 6.79. The molecule has 0 unspecified atom stereocenters. The van der Waals surface area contributed by atoms with Gasteiger partial charge in [0.15, 0.2) is 0 Å². The standard InChI is InChI=1S/C36H34N2O4/c39-36(30-12-6-10-28(24-30)29-11-7-13-31(25-29)42-26-27-8-2-1-3-9-27)37-34-16-17-35(33-15-5-4-14-32(33)34)41-23-20-38-18-21-40-22-19-38/h1-17,24-25H,18-23,26H2,(H,37,39). The van der Waals surface area contributed by atoms with Crippen molar-refractivity contribution in [2.24, 2.45) is 0 Å². The van der Waals surface area contributed by atoms with Crippen LogP contribution in [-0.4, -0.2) is 50.3 Å². The lowest BCUT2D eigenvalue weighted by molar-refractivity contribution is 0.0323. The van der Waals surface area contributed by atoms with E-state index in [9.17, 15) is 4.79 Å². The van der Waals surface area contributed by atoms with Gasteiger partial charge in [-0.3, -0.25) is 9.69 Å². The lowest BCUT2D eigenvalue weighted by Crippen LogP contribution is -2.38. The fraction of sp³-hybridized carbons (Fsp3) is 0.194. The molecule has 0 radical (unpaired) electrons. The highest BCUT2D eigenvalue weighted by atomic mass is 16.5. The highest BCUT2D eigenvalue weighted by molar-refractivity contribution is 6.10. The molecule has 1 heterocycles. The van der Waals surface area contributed by atoms with Gasteiger partial charge in [0.25, 0.3) is 5.91 Å². The first-order valence-corrected chi connectivity index (χ1v) is 14.4. The summed E-state index contributed by atoms with van der Waals surface area (Å²) in [5, 5.41) is 5.03. The third-order valence-electron chi connectivity index (χ3n) is 7.44. The summed E-state index contributed by atoms with van der Waals surface area (Å²) in [6.07, 6.45) is 0. The molecule has 1 aliphatic heterocycles. The van der Waals surface area contributed by atoms with Crippen LogP contribution in [0.5, 0.6) is 11.5 Å². The van der Waals surface area contributed by atoms with Crippen molar-refractivity contribution in [2.45, 2.75) is 6.61 Å². The number of hydrogen-bond acceptors (Lipinski definition) is 5. The average Bonchev–Trinajstić information content (AvgIpc) is 3.06. The Morgan fingerprint density at radius 1 is 0.738 bits per heavy atom. The van der Waals surface area contributed by atoms with Crippen molar-refractivity contribution in [3.63, 3.8) is 0 Å². The summed E-state index contributed by atoms with van der Waals surface area (Å²) >= 11 is 0. The van der Waals surface area contributed by atoms with Crippen LogP contribution in [0.15, 0.2) is 115 Å². The molecule has 1 amide bonds. The van der Waals surface area contributed by atoms with Crippen LogP contribution in [0.2, 0.25) is 0 Å². The lowest BCUT2D eigenvalue weighted by atomic mass is 10.0. The van der Waals surface area contributed by atoms with Crippen molar-refractivity contribution in [1.29, 1.82) is 0 Å². The smallest absolute Gasteiger partial charge is 0.255 e. The fourth-order valence-electron chi connectivity index (χ4n) is 5.16. The molecule has 1 fully saturated rings. The number of nitrogens with zero attached hydrogens (tertiary/aromatic N) is 1. The number of hydrogen-bond donors (Lipinski definition) is 1. The van der Waals surface area contributed by atoms with Crippen molar-refractivity contribution in [2.75, 3.05) is 44.8 Å². The van der Waals surface area contributed by atoms with E-state index in [1.54, 1.807) is 0 Å². The molecule has 0 atom stereocenters. The predicted molar refractivity (Wildman–Crippen MR) is 167 cm³/mol. The van der Waals surface area contributed by atoms with E-state index in [1.807, 2.05) is 115 Å². The van der Waals surface area contributed by atoms with E-state index >= 15 is 0 Å². The number of anilines is 1. The number of ether oxygens (including phenoxy) is 3. The zero-order valence-electron chi connectivity index (χ0n) is 23.5. The number of benzene rings is 5. The normalized spacial score (nSPS) is 13.5. The summed E-state index contributed by atoms with van der Waals surface area (Å²) in [5.74, 6) is 1.43. The lowest BCUT2D eigenvalue weighted by Gasteiger charge is -2.26. The van der Waals surface area contributed by atoms with Crippen LogP contribution in [-0.2, 0) is 11.3 Å². The van der Waals surface area contributed by atoms with Gasteiger partial charge in [0, 0.05) is 41.7 Å². The molecular weight excluding hydrogens is 524 g/mol. The van der Waals surface area contributed by atoms with Crippen LogP contribution >= 0.6 is 0 Å². The number of amides is 1. The van der Waals surface area contributed by atoms with E-state index in [4.69, 9.17) is 14.2 Å². The second-order valence-electron chi connectivity index (χ2n) is 10.3. The maximum atomic E-state index is 13.4. The van der Waals surface area contributed by atoms with Gasteiger partial charge < -0.3 is 19.5 Å². The summed E-state index contributed by atoms with van der Waals surface area (Å²) in [7, 11) is 0. The maximum Gasteiger partial charge on any atom is 0.255 e. The molecule has 5 aromatic rings. The number of carbonyl (C=O) groups excluding carboxylic acids is 1. The Kier molecular flexibility index (Phi) is 8.74. The second-order valence-corrected chi connectivity index (χ2v) is 10.3. The molecule has 0 spiro atoms. The second kappa shape index (κ2) is 13.3. The monoisotopic (exact) mass is 558 g/mol. The van der Waals surface area contributed by atoms with E-state index in [0.29, 0.717) is 18.8 Å². The molecule has 212 valence electrons. The third-order valence-corrected chi connectivity index (χ3v) is 7.44. The fourth-order valence-corrected chi connectivity index (χ4v) is 5.16. The molecule has 6 nitrogen and oxygen atoms in total. The van der Waals surface area contributed by atoms with Crippen LogP contribution in [0.1, 0.15) is 15.9 Å². The van der Waals surface area contributed by atoms with Gasteiger partial charge in [-0.05, 0) is 53.1 Å². The first kappa shape index (κ1) is 27.5. The highest BCUT2D eigenvalue weighted by Crippen LogP contribution is 2.32. The van der Waals surface area contributed by atoms with Gasteiger partial charge in [-0.1, -0.05) is 78.9 Å². The summed E-state index contributed by atoms with van der Waals surface area (Å²) in [6.45, 7) is 5.37. The van der Waals surface area contributed by atoms with E-state index in [2.05, 4.69) is 10.2 Å². The molecule has 1 saturated heterocycles. The van der Waals surface area contributed by atoms with Gasteiger partial charge in [0.05, 0.1) is 13.2 Å². The summed E-state index contributed by atoms with van der Waals surface area (Å²) in [6, 6.07) is 37.6. The van der Waals surface area contributed by atoms with Crippen LogP contribution in [0, 0.1) is 0 Å². The van der Waals surface area contributed by atoms with E-state index in [1.165, 1.54) is 0 Å². The van der Waals surface area contributed by atoms with Crippen molar-refractivity contribution < 1.29 is 19.0 Å². The van der Waals surface area contributed by atoms with Gasteiger partial charge in [0.2, 0.25) is 0 Å². The average molecular weight is 559 g/mol. The van der Waals surface area contributed by atoms with Gasteiger partial charge in [-0.2, -0.15) is 0 Å². The Morgan fingerprint density at radius 3 is 2.31 bits per heavy atom. The Bertz CT molecular complexity index is 1650. The molecule has 5 aromatic carbocycles. The van der Waals surface area contributed by atoms with Crippen LogP contribution in [0.3, 0.4) is 0 Å². The first-order valence-electron chi connectivity index (χ1n) is 14.4. The van der Waals surface area contributed by atoms with Gasteiger partial charge >= 0.3 is 0 Å². The molecule has 0 aromatic heterocycles. The molecule has 0 bridgehead atoms. The summed E-state index contributed by atoms with van der Waals surface area (Å²) in [5.41, 5.74) is 4.37. The van der Waals surface area contributed by atoms with Crippen molar-refractivity contribution >= 4 is 22.4 Å². The highest BCUT2D eigenvalue weighted by Gasteiger charge is 2.14. The molecule has 1 aliphatic rings. The number of rotatable bonds is 10. The van der Waals surface area contributed by atoms with Gasteiger partial charge in [-0.25, -0.2) is 0 Å².